The minimum absolute atomic E-state index is 0.0429. The summed E-state index contributed by atoms with van der Waals surface area (Å²) in [6, 6.07) is 10.5. The van der Waals surface area contributed by atoms with Crippen LogP contribution in [-0.2, 0) is 14.8 Å². The van der Waals surface area contributed by atoms with Gasteiger partial charge < -0.3 is 5.11 Å². The van der Waals surface area contributed by atoms with Gasteiger partial charge in [0.1, 0.15) is 0 Å². The van der Waals surface area contributed by atoms with Crippen molar-refractivity contribution in [2.75, 3.05) is 5.75 Å². The number of rotatable bonds is 5. The largest absolute Gasteiger partial charge is 0.480 e. The smallest absolute Gasteiger partial charge is 0.328 e. The normalized spacial score (nSPS) is 17.1. The molecular weight excluding hydrogens is 404 g/mol. The van der Waals surface area contributed by atoms with Crippen LogP contribution in [0.25, 0.3) is 4.91 Å². The SMILES string of the molecule is Cc1ccc(C2=CN(S(=O)(=O)c3ccc([N+](=O)[O-])cc3)[C@H](C(=O)O)CS2)cc1. The summed E-state index contributed by atoms with van der Waals surface area (Å²) in [5.41, 5.74) is 1.58. The highest BCUT2D eigenvalue weighted by molar-refractivity contribution is 8.08. The molecule has 1 atom stereocenters. The van der Waals surface area contributed by atoms with Crippen LogP contribution in [0.1, 0.15) is 11.1 Å². The third-order valence-electron chi connectivity index (χ3n) is 4.19. The van der Waals surface area contributed by atoms with E-state index >= 15 is 0 Å². The summed E-state index contributed by atoms with van der Waals surface area (Å²) in [6.45, 7) is 1.93. The quantitative estimate of drug-likeness (QED) is 0.583. The second kappa shape index (κ2) is 7.64. The van der Waals surface area contributed by atoms with Crippen LogP contribution in [0.15, 0.2) is 59.6 Å². The summed E-state index contributed by atoms with van der Waals surface area (Å²) < 4.78 is 26.9. The number of hydrogen-bond donors (Lipinski definition) is 1. The monoisotopic (exact) mass is 420 g/mol. The molecule has 3 rings (SSSR count). The van der Waals surface area contributed by atoms with Gasteiger partial charge in [0.2, 0.25) is 0 Å². The van der Waals surface area contributed by atoms with Crippen LogP contribution in [0.3, 0.4) is 0 Å². The Morgan fingerprint density at radius 3 is 2.32 bits per heavy atom. The molecule has 146 valence electrons. The molecule has 28 heavy (non-hydrogen) atoms. The van der Waals surface area contributed by atoms with E-state index in [0.29, 0.717) is 4.91 Å². The van der Waals surface area contributed by atoms with Crippen LogP contribution in [0, 0.1) is 17.0 Å². The van der Waals surface area contributed by atoms with E-state index in [9.17, 15) is 28.4 Å². The molecule has 0 fully saturated rings. The molecule has 1 N–H and O–H groups in total. The van der Waals surface area contributed by atoms with Crippen molar-refractivity contribution in [1.29, 1.82) is 0 Å². The Bertz CT molecular complexity index is 1050. The number of nitro groups is 1. The van der Waals surface area contributed by atoms with Crippen LogP contribution in [0.5, 0.6) is 0 Å². The fraction of sp³-hybridized carbons (Fsp3) is 0.167. The highest BCUT2D eigenvalue weighted by Gasteiger charge is 2.37. The predicted molar refractivity (Wildman–Crippen MR) is 105 cm³/mol. The average Bonchev–Trinajstić information content (AvgIpc) is 2.68. The number of benzene rings is 2. The molecule has 1 aliphatic heterocycles. The number of sulfonamides is 1. The van der Waals surface area contributed by atoms with Gasteiger partial charge >= 0.3 is 5.97 Å². The fourth-order valence-electron chi connectivity index (χ4n) is 2.64. The van der Waals surface area contributed by atoms with Crippen molar-refractivity contribution >= 4 is 38.3 Å². The van der Waals surface area contributed by atoms with Crippen molar-refractivity contribution < 1.29 is 23.2 Å². The molecule has 0 aliphatic carbocycles. The van der Waals surface area contributed by atoms with Gasteiger partial charge in [-0.15, -0.1) is 11.8 Å². The number of carboxylic acids is 1. The van der Waals surface area contributed by atoms with Crippen molar-refractivity contribution in [3.8, 4) is 0 Å². The van der Waals surface area contributed by atoms with Gasteiger partial charge in [0, 0.05) is 29.0 Å². The summed E-state index contributed by atoms with van der Waals surface area (Å²) in [5, 5.41) is 20.3. The van der Waals surface area contributed by atoms with Gasteiger partial charge in [-0.3, -0.25) is 14.4 Å². The third kappa shape index (κ3) is 3.87. The fourth-order valence-corrected chi connectivity index (χ4v) is 5.40. The second-order valence-corrected chi connectivity index (χ2v) is 9.02. The average molecular weight is 420 g/mol. The van der Waals surface area contributed by atoms with E-state index < -0.39 is 27.0 Å². The number of aryl methyl sites for hydroxylation is 1. The van der Waals surface area contributed by atoms with Gasteiger partial charge in [0.25, 0.3) is 15.7 Å². The van der Waals surface area contributed by atoms with E-state index in [-0.39, 0.29) is 16.3 Å². The summed E-state index contributed by atoms with van der Waals surface area (Å²) in [4.78, 5) is 22.2. The zero-order valence-electron chi connectivity index (χ0n) is 14.7. The van der Waals surface area contributed by atoms with E-state index in [4.69, 9.17) is 0 Å². The zero-order chi connectivity index (χ0) is 20.5. The van der Waals surface area contributed by atoms with E-state index in [1.807, 2.05) is 31.2 Å². The Labute approximate surface area is 165 Å². The number of hydrogen-bond acceptors (Lipinski definition) is 6. The van der Waals surface area contributed by atoms with Gasteiger partial charge in [0.15, 0.2) is 6.04 Å². The Hall–Kier alpha value is -2.85. The van der Waals surface area contributed by atoms with Crippen LogP contribution in [0.2, 0.25) is 0 Å². The third-order valence-corrected chi connectivity index (χ3v) is 7.11. The molecule has 1 heterocycles. The Morgan fingerprint density at radius 1 is 1.18 bits per heavy atom. The maximum Gasteiger partial charge on any atom is 0.328 e. The van der Waals surface area contributed by atoms with E-state index in [2.05, 4.69) is 0 Å². The standard InChI is InChI=1S/C18H16N2O6S2/c1-12-2-4-13(5-3-12)17-10-19(16(11-27-17)18(21)22)28(25,26)15-8-6-14(7-9-15)20(23)24/h2-10,16H,11H2,1H3,(H,21,22)/t16-/m0/s1. The van der Waals surface area contributed by atoms with Crippen molar-refractivity contribution in [1.82, 2.24) is 4.31 Å². The summed E-state index contributed by atoms with van der Waals surface area (Å²) in [5.74, 6) is -1.22. The maximum atomic E-state index is 13.1. The number of carbonyl (C=O) groups is 1. The van der Waals surface area contributed by atoms with Crippen molar-refractivity contribution in [2.45, 2.75) is 17.9 Å². The lowest BCUT2D eigenvalue weighted by molar-refractivity contribution is -0.384. The lowest BCUT2D eigenvalue weighted by Gasteiger charge is -2.31. The van der Waals surface area contributed by atoms with Crippen molar-refractivity contribution in [2.24, 2.45) is 0 Å². The number of aliphatic carboxylic acids is 1. The maximum absolute atomic E-state index is 13.1. The van der Waals surface area contributed by atoms with Crippen LogP contribution < -0.4 is 0 Å². The molecule has 0 amide bonds. The Morgan fingerprint density at radius 2 is 1.79 bits per heavy atom. The zero-order valence-corrected chi connectivity index (χ0v) is 16.3. The minimum atomic E-state index is -4.21. The topological polar surface area (TPSA) is 118 Å². The lowest BCUT2D eigenvalue weighted by atomic mass is 10.1. The van der Waals surface area contributed by atoms with E-state index in [1.54, 1.807) is 0 Å². The van der Waals surface area contributed by atoms with Crippen molar-refractivity contribution in [3.63, 3.8) is 0 Å². The molecule has 0 saturated heterocycles. The van der Waals surface area contributed by atoms with Gasteiger partial charge in [-0.05, 0) is 24.6 Å². The van der Waals surface area contributed by atoms with Crippen molar-refractivity contribution in [3.05, 3.63) is 76.0 Å². The Balaban J connectivity index is 2.04. The number of non-ortho nitro benzene ring substituents is 1. The Kier molecular flexibility index (Phi) is 5.43. The molecule has 2 aromatic carbocycles. The molecule has 0 spiro atoms. The molecule has 0 aromatic heterocycles. The first kappa shape index (κ1) is 19.9. The molecule has 0 radical (unpaired) electrons. The first-order chi connectivity index (χ1) is 13.2. The molecule has 8 nitrogen and oxygen atoms in total. The molecular formula is C18H16N2O6S2. The summed E-state index contributed by atoms with van der Waals surface area (Å²) in [7, 11) is -4.21. The first-order valence-electron chi connectivity index (χ1n) is 8.12. The molecule has 10 heteroatoms. The highest BCUT2D eigenvalue weighted by atomic mass is 32.2. The van der Waals surface area contributed by atoms with Crippen LogP contribution >= 0.6 is 11.8 Å². The predicted octanol–water partition coefficient (Wildman–Crippen LogP) is 3.09. The van der Waals surface area contributed by atoms with Gasteiger partial charge in [-0.1, -0.05) is 29.8 Å². The van der Waals surface area contributed by atoms with Gasteiger partial charge in [-0.2, -0.15) is 0 Å². The molecule has 1 aliphatic rings. The summed E-state index contributed by atoms with van der Waals surface area (Å²) >= 11 is 1.26. The van der Waals surface area contributed by atoms with E-state index in [1.165, 1.54) is 18.0 Å². The van der Waals surface area contributed by atoms with E-state index in [0.717, 1.165) is 39.7 Å². The first-order valence-corrected chi connectivity index (χ1v) is 10.5. The highest BCUT2D eigenvalue weighted by Crippen LogP contribution is 2.36. The summed E-state index contributed by atoms with van der Waals surface area (Å²) in [6.07, 6.45) is 1.31. The molecule has 0 saturated carbocycles. The molecule has 0 bridgehead atoms. The van der Waals surface area contributed by atoms with Crippen LogP contribution in [-0.4, -0.2) is 40.5 Å². The lowest BCUT2D eigenvalue weighted by Crippen LogP contribution is -2.45. The minimum Gasteiger partial charge on any atom is -0.480 e. The second-order valence-electron chi connectivity index (χ2n) is 6.11. The van der Waals surface area contributed by atoms with Gasteiger partial charge in [0.05, 0.1) is 9.82 Å². The number of thioether (sulfide) groups is 1. The van der Waals surface area contributed by atoms with Gasteiger partial charge in [-0.25, -0.2) is 13.2 Å². The number of nitro benzene ring substituents is 1. The molecule has 2 aromatic rings. The van der Waals surface area contributed by atoms with Crippen LogP contribution in [0.4, 0.5) is 5.69 Å². The number of nitrogens with zero attached hydrogens (tertiary/aromatic N) is 2. The molecule has 0 unspecified atom stereocenters. The number of carboxylic acid groups (broad SMARTS) is 1.